The molecule has 0 aliphatic heterocycles. The average molecular weight is 349 g/mol. The van der Waals surface area contributed by atoms with Crippen molar-refractivity contribution in [3.05, 3.63) is 23.2 Å². The largest absolute Gasteiger partial charge is 0.433 e. The summed E-state index contributed by atoms with van der Waals surface area (Å²) in [6, 6.07) is 3.65. The monoisotopic (exact) mass is 348 g/mol. The third kappa shape index (κ3) is 7.00. The molecule has 0 radical (unpaired) electrons. The SMILES string of the molecule is O=C(NCCCOCC1CC1)Nc1ccc(OC(F)F)c(Cl)c1. The zero-order chi connectivity index (χ0) is 16.7. The van der Waals surface area contributed by atoms with Crippen LogP contribution < -0.4 is 15.4 Å². The van der Waals surface area contributed by atoms with E-state index in [1.807, 2.05) is 0 Å². The molecular weight excluding hydrogens is 330 g/mol. The molecule has 0 aromatic heterocycles. The van der Waals surface area contributed by atoms with E-state index in [0.29, 0.717) is 18.8 Å². The number of benzene rings is 1. The molecule has 0 saturated heterocycles. The average Bonchev–Trinajstić information content (AvgIpc) is 3.29. The minimum absolute atomic E-state index is 0.00317. The van der Waals surface area contributed by atoms with E-state index < -0.39 is 12.6 Å². The van der Waals surface area contributed by atoms with Crippen LogP contribution in [0.5, 0.6) is 5.75 Å². The van der Waals surface area contributed by atoms with Gasteiger partial charge in [0.15, 0.2) is 0 Å². The molecule has 2 N–H and O–H groups in total. The molecule has 1 fully saturated rings. The van der Waals surface area contributed by atoms with Crippen molar-refractivity contribution in [2.24, 2.45) is 5.92 Å². The van der Waals surface area contributed by atoms with E-state index in [1.165, 1.54) is 31.0 Å². The number of carbonyl (C=O) groups excluding carboxylic acids is 1. The normalized spacial score (nSPS) is 13.9. The standard InChI is InChI=1S/C15H19ClF2N2O3/c16-12-8-11(4-5-13(12)23-14(17)18)20-15(21)19-6-1-7-22-9-10-2-3-10/h4-5,8,10,14H,1-3,6-7,9H2,(H2,19,20,21). The lowest BCUT2D eigenvalue weighted by Gasteiger charge is -2.10. The molecule has 0 heterocycles. The molecule has 0 spiro atoms. The molecular formula is C15H19ClF2N2O3. The summed E-state index contributed by atoms with van der Waals surface area (Å²) in [6.45, 7) is -1.05. The van der Waals surface area contributed by atoms with Gasteiger partial charge in [0.25, 0.3) is 0 Å². The van der Waals surface area contributed by atoms with Gasteiger partial charge in [-0.3, -0.25) is 0 Å². The highest BCUT2D eigenvalue weighted by molar-refractivity contribution is 6.32. The van der Waals surface area contributed by atoms with Gasteiger partial charge in [0.2, 0.25) is 0 Å². The molecule has 1 aromatic carbocycles. The number of nitrogens with one attached hydrogen (secondary N) is 2. The number of alkyl halides is 2. The molecule has 5 nitrogen and oxygen atoms in total. The van der Waals surface area contributed by atoms with Crippen LogP contribution in [0.4, 0.5) is 19.3 Å². The van der Waals surface area contributed by atoms with Crippen LogP contribution in [-0.2, 0) is 4.74 Å². The smallest absolute Gasteiger partial charge is 0.387 e. The second-order valence-corrected chi connectivity index (χ2v) is 5.68. The minimum atomic E-state index is -2.95. The molecule has 128 valence electrons. The van der Waals surface area contributed by atoms with Gasteiger partial charge in [-0.2, -0.15) is 8.78 Å². The Morgan fingerprint density at radius 1 is 1.39 bits per heavy atom. The molecule has 1 saturated carbocycles. The van der Waals surface area contributed by atoms with Crippen molar-refractivity contribution in [1.29, 1.82) is 0 Å². The van der Waals surface area contributed by atoms with Crippen LogP contribution in [0.3, 0.4) is 0 Å². The predicted octanol–water partition coefficient (Wildman–Crippen LogP) is 3.88. The summed E-state index contributed by atoms with van der Waals surface area (Å²) < 4.78 is 33.9. The van der Waals surface area contributed by atoms with Crippen LogP contribution in [0.1, 0.15) is 19.3 Å². The van der Waals surface area contributed by atoms with Crippen molar-refractivity contribution < 1.29 is 23.0 Å². The molecule has 23 heavy (non-hydrogen) atoms. The van der Waals surface area contributed by atoms with Crippen molar-refractivity contribution in [2.75, 3.05) is 25.1 Å². The van der Waals surface area contributed by atoms with Crippen molar-refractivity contribution >= 4 is 23.3 Å². The summed E-state index contributed by atoms with van der Waals surface area (Å²) in [7, 11) is 0. The number of amides is 2. The lowest BCUT2D eigenvalue weighted by Crippen LogP contribution is -2.30. The van der Waals surface area contributed by atoms with Crippen LogP contribution >= 0.6 is 11.6 Å². The molecule has 1 aliphatic rings. The van der Waals surface area contributed by atoms with Gasteiger partial charge < -0.3 is 20.1 Å². The fourth-order valence-electron chi connectivity index (χ4n) is 1.86. The first kappa shape index (κ1) is 17.7. The minimum Gasteiger partial charge on any atom is -0.433 e. The van der Waals surface area contributed by atoms with E-state index in [1.54, 1.807) is 0 Å². The van der Waals surface area contributed by atoms with E-state index in [-0.39, 0.29) is 10.8 Å². The van der Waals surface area contributed by atoms with Gasteiger partial charge in [0, 0.05) is 25.4 Å². The first-order chi connectivity index (χ1) is 11.0. The van der Waals surface area contributed by atoms with Crippen molar-refractivity contribution in [2.45, 2.75) is 25.9 Å². The van der Waals surface area contributed by atoms with Crippen molar-refractivity contribution in [1.82, 2.24) is 5.32 Å². The molecule has 8 heteroatoms. The Bertz CT molecular complexity index is 527. The molecule has 0 bridgehead atoms. The Kier molecular flexibility index (Phi) is 6.85. The summed E-state index contributed by atoms with van der Waals surface area (Å²) in [4.78, 5) is 11.7. The number of rotatable bonds is 9. The molecule has 1 aliphatic carbocycles. The molecule has 2 rings (SSSR count). The van der Waals surface area contributed by atoms with Crippen molar-refractivity contribution in [3.8, 4) is 5.75 Å². The number of hydrogen-bond acceptors (Lipinski definition) is 3. The number of carbonyl (C=O) groups is 1. The van der Waals surface area contributed by atoms with Crippen LogP contribution in [0.2, 0.25) is 5.02 Å². The van der Waals surface area contributed by atoms with Crippen LogP contribution in [0.15, 0.2) is 18.2 Å². The predicted molar refractivity (Wildman–Crippen MR) is 83.3 cm³/mol. The number of urea groups is 1. The number of anilines is 1. The van der Waals surface area contributed by atoms with Crippen LogP contribution in [-0.4, -0.2) is 32.4 Å². The maximum atomic E-state index is 12.1. The number of ether oxygens (including phenoxy) is 2. The Morgan fingerprint density at radius 3 is 2.83 bits per heavy atom. The van der Waals surface area contributed by atoms with Crippen LogP contribution in [0, 0.1) is 5.92 Å². The van der Waals surface area contributed by atoms with Gasteiger partial charge in [-0.05, 0) is 43.4 Å². The lowest BCUT2D eigenvalue weighted by molar-refractivity contribution is -0.0497. The quantitative estimate of drug-likeness (QED) is 0.666. The maximum Gasteiger partial charge on any atom is 0.387 e. The van der Waals surface area contributed by atoms with E-state index >= 15 is 0 Å². The zero-order valence-electron chi connectivity index (χ0n) is 12.5. The van der Waals surface area contributed by atoms with Gasteiger partial charge in [0.1, 0.15) is 5.75 Å². The summed E-state index contributed by atoms with van der Waals surface area (Å²) in [5.41, 5.74) is 0.388. The summed E-state index contributed by atoms with van der Waals surface area (Å²) in [5.74, 6) is 0.591. The summed E-state index contributed by atoms with van der Waals surface area (Å²) >= 11 is 5.80. The zero-order valence-corrected chi connectivity index (χ0v) is 13.2. The number of hydrogen-bond donors (Lipinski definition) is 2. The van der Waals surface area contributed by atoms with E-state index in [9.17, 15) is 13.6 Å². The molecule has 1 aromatic rings. The first-order valence-electron chi connectivity index (χ1n) is 7.41. The van der Waals surface area contributed by atoms with Gasteiger partial charge >= 0.3 is 12.6 Å². The lowest BCUT2D eigenvalue weighted by atomic mass is 10.3. The van der Waals surface area contributed by atoms with E-state index in [0.717, 1.165) is 18.9 Å². The highest BCUT2D eigenvalue weighted by Crippen LogP contribution is 2.29. The summed E-state index contributed by atoms with van der Waals surface area (Å²) in [5, 5.41) is 5.24. The fourth-order valence-corrected chi connectivity index (χ4v) is 2.08. The van der Waals surface area contributed by atoms with Crippen LogP contribution in [0.25, 0.3) is 0 Å². The Morgan fingerprint density at radius 2 is 2.17 bits per heavy atom. The Balaban J connectivity index is 1.64. The first-order valence-corrected chi connectivity index (χ1v) is 7.79. The van der Waals surface area contributed by atoms with Gasteiger partial charge in [0.05, 0.1) is 5.02 Å². The van der Waals surface area contributed by atoms with E-state index in [4.69, 9.17) is 16.3 Å². The topological polar surface area (TPSA) is 59.6 Å². The van der Waals surface area contributed by atoms with E-state index in [2.05, 4.69) is 15.4 Å². The fraction of sp³-hybridized carbons (Fsp3) is 0.533. The highest BCUT2D eigenvalue weighted by atomic mass is 35.5. The van der Waals surface area contributed by atoms with Gasteiger partial charge in [-0.1, -0.05) is 11.6 Å². The molecule has 2 amide bonds. The maximum absolute atomic E-state index is 12.1. The second kappa shape index (κ2) is 8.88. The summed E-state index contributed by atoms with van der Waals surface area (Å²) in [6.07, 6.45) is 3.23. The molecule has 0 atom stereocenters. The Labute approximate surface area is 138 Å². The number of halogens is 3. The van der Waals surface area contributed by atoms with Crippen molar-refractivity contribution in [3.63, 3.8) is 0 Å². The Hall–Kier alpha value is -1.60. The van der Waals surface area contributed by atoms with Gasteiger partial charge in [-0.15, -0.1) is 0 Å². The third-order valence-corrected chi connectivity index (χ3v) is 3.50. The second-order valence-electron chi connectivity index (χ2n) is 5.28. The van der Waals surface area contributed by atoms with Gasteiger partial charge in [-0.25, -0.2) is 4.79 Å². The molecule has 0 unspecified atom stereocenters. The third-order valence-electron chi connectivity index (χ3n) is 3.21. The highest BCUT2D eigenvalue weighted by Gasteiger charge is 2.20.